The second-order valence-electron chi connectivity index (χ2n) is 4.14. The van der Waals surface area contributed by atoms with E-state index in [-0.39, 0.29) is 24.0 Å². The van der Waals surface area contributed by atoms with Gasteiger partial charge in [-0.2, -0.15) is 5.10 Å². The largest absolute Gasteiger partial charge is 0.370 e. The Morgan fingerprint density at radius 3 is 2.83 bits per heavy atom. The molecule has 1 aromatic rings. The molecule has 5 nitrogen and oxygen atoms in total. The molecule has 0 aliphatic rings. The number of hydrogen-bond acceptors (Lipinski definition) is 2. The van der Waals surface area contributed by atoms with E-state index in [9.17, 15) is 0 Å². The van der Waals surface area contributed by atoms with Crippen LogP contribution in [0.3, 0.4) is 0 Å². The summed E-state index contributed by atoms with van der Waals surface area (Å²) in [4.78, 5) is 4.28. The van der Waals surface area contributed by atoms with Gasteiger partial charge in [0, 0.05) is 25.4 Å². The van der Waals surface area contributed by atoms with Gasteiger partial charge in [0.1, 0.15) is 0 Å². The molecule has 6 heteroatoms. The van der Waals surface area contributed by atoms with Crippen molar-refractivity contribution < 1.29 is 0 Å². The fraction of sp³-hybridized carbons (Fsp3) is 0.500. The SMILES string of the molecule is C=C(C)CNC(N)=NCc1cn(C)nc1CC.I. The van der Waals surface area contributed by atoms with Crippen LogP contribution in [0.5, 0.6) is 0 Å². The second kappa shape index (κ2) is 8.12. The zero-order chi connectivity index (χ0) is 12.8. The lowest BCUT2D eigenvalue weighted by atomic mass is 10.2. The summed E-state index contributed by atoms with van der Waals surface area (Å²) < 4.78 is 1.81. The quantitative estimate of drug-likeness (QED) is 0.361. The van der Waals surface area contributed by atoms with Crippen LogP contribution in [0, 0.1) is 0 Å². The molecule has 102 valence electrons. The number of aliphatic imine (C=N–C) groups is 1. The number of rotatable bonds is 5. The van der Waals surface area contributed by atoms with E-state index in [1.165, 1.54) is 0 Å². The standard InChI is InChI=1S/C12H21N5.HI/c1-5-11-10(8-17(4)16-11)7-15-12(13)14-6-9(2)3;/h8H,2,5-7H2,1,3-4H3,(H3,13,14,15);1H. The third-order valence-electron chi connectivity index (χ3n) is 2.32. The van der Waals surface area contributed by atoms with Crippen molar-refractivity contribution in [2.75, 3.05) is 6.54 Å². The normalized spacial score (nSPS) is 10.9. The molecule has 0 amide bonds. The highest BCUT2D eigenvalue weighted by molar-refractivity contribution is 14.0. The highest BCUT2D eigenvalue weighted by atomic mass is 127. The van der Waals surface area contributed by atoms with E-state index in [4.69, 9.17) is 5.73 Å². The minimum atomic E-state index is 0. The van der Waals surface area contributed by atoms with Crippen LogP contribution in [0.15, 0.2) is 23.3 Å². The third-order valence-corrected chi connectivity index (χ3v) is 2.32. The zero-order valence-corrected chi connectivity index (χ0v) is 13.6. The van der Waals surface area contributed by atoms with Gasteiger partial charge >= 0.3 is 0 Å². The van der Waals surface area contributed by atoms with E-state index < -0.39 is 0 Å². The van der Waals surface area contributed by atoms with Crippen LogP contribution in [-0.2, 0) is 20.0 Å². The summed E-state index contributed by atoms with van der Waals surface area (Å²) in [6.07, 6.45) is 2.89. The number of nitrogens with two attached hydrogens (primary N) is 1. The molecular formula is C12H22IN5. The summed E-state index contributed by atoms with van der Waals surface area (Å²) in [6.45, 7) is 9.03. The van der Waals surface area contributed by atoms with Crippen LogP contribution in [0.25, 0.3) is 0 Å². The Morgan fingerprint density at radius 2 is 2.28 bits per heavy atom. The van der Waals surface area contributed by atoms with E-state index in [0.29, 0.717) is 19.0 Å². The van der Waals surface area contributed by atoms with E-state index in [1.54, 1.807) is 4.68 Å². The van der Waals surface area contributed by atoms with Crippen molar-refractivity contribution in [1.82, 2.24) is 15.1 Å². The van der Waals surface area contributed by atoms with Gasteiger partial charge in [-0.3, -0.25) is 4.68 Å². The molecule has 3 N–H and O–H groups in total. The van der Waals surface area contributed by atoms with Gasteiger partial charge in [-0.1, -0.05) is 19.1 Å². The van der Waals surface area contributed by atoms with Crippen LogP contribution in [-0.4, -0.2) is 22.3 Å². The Labute approximate surface area is 126 Å². The first-order valence-corrected chi connectivity index (χ1v) is 5.72. The maximum Gasteiger partial charge on any atom is 0.189 e. The van der Waals surface area contributed by atoms with Crippen molar-refractivity contribution in [3.63, 3.8) is 0 Å². The zero-order valence-electron chi connectivity index (χ0n) is 11.2. The molecule has 0 aliphatic heterocycles. The summed E-state index contributed by atoms with van der Waals surface area (Å²) in [7, 11) is 1.91. The van der Waals surface area contributed by atoms with E-state index in [0.717, 1.165) is 23.3 Å². The molecule has 18 heavy (non-hydrogen) atoms. The van der Waals surface area contributed by atoms with Crippen LogP contribution < -0.4 is 11.1 Å². The first-order valence-electron chi connectivity index (χ1n) is 5.72. The molecule has 0 aliphatic carbocycles. The van der Waals surface area contributed by atoms with Gasteiger partial charge in [0.25, 0.3) is 0 Å². The highest BCUT2D eigenvalue weighted by Gasteiger charge is 2.04. The Kier molecular flexibility index (Phi) is 7.65. The van der Waals surface area contributed by atoms with E-state index in [2.05, 4.69) is 28.9 Å². The highest BCUT2D eigenvalue weighted by Crippen LogP contribution is 2.08. The Morgan fingerprint density at radius 1 is 1.61 bits per heavy atom. The number of guanidine groups is 1. The minimum absolute atomic E-state index is 0. The monoisotopic (exact) mass is 363 g/mol. The number of nitrogens with zero attached hydrogens (tertiary/aromatic N) is 3. The van der Waals surface area contributed by atoms with Gasteiger partial charge in [0.15, 0.2) is 5.96 Å². The number of aromatic nitrogens is 2. The molecule has 0 fully saturated rings. The molecule has 0 unspecified atom stereocenters. The number of halogens is 1. The topological polar surface area (TPSA) is 68.2 Å². The van der Waals surface area contributed by atoms with Crippen LogP contribution in [0.4, 0.5) is 0 Å². The van der Waals surface area contributed by atoms with E-state index in [1.807, 2.05) is 20.2 Å². The molecule has 1 rings (SSSR count). The summed E-state index contributed by atoms with van der Waals surface area (Å²) in [5.74, 6) is 0.443. The molecule has 1 heterocycles. The summed E-state index contributed by atoms with van der Waals surface area (Å²) in [5, 5.41) is 7.35. The van der Waals surface area contributed by atoms with Crippen molar-refractivity contribution in [2.24, 2.45) is 17.8 Å². The van der Waals surface area contributed by atoms with Crippen LogP contribution in [0.2, 0.25) is 0 Å². The maximum atomic E-state index is 5.74. The van der Waals surface area contributed by atoms with Gasteiger partial charge in [0.05, 0.1) is 12.2 Å². The Hall–Kier alpha value is -1.05. The second-order valence-corrected chi connectivity index (χ2v) is 4.14. The van der Waals surface area contributed by atoms with Crippen molar-refractivity contribution in [3.8, 4) is 0 Å². The molecule has 0 atom stereocenters. The molecular weight excluding hydrogens is 341 g/mol. The number of aryl methyl sites for hydroxylation is 2. The predicted octanol–water partition coefficient (Wildman–Crippen LogP) is 1.58. The Balaban J connectivity index is 0.00000289. The molecule has 1 aromatic heterocycles. The van der Waals surface area contributed by atoms with Crippen molar-refractivity contribution in [1.29, 1.82) is 0 Å². The summed E-state index contributed by atoms with van der Waals surface area (Å²) >= 11 is 0. The van der Waals surface area contributed by atoms with Gasteiger partial charge < -0.3 is 11.1 Å². The fourth-order valence-electron chi connectivity index (χ4n) is 1.48. The Bertz CT molecular complexity index is 422. The number of nitrogens with one attached hydrogen (secondary N) is 1. The fourth-order valence-corrected chi connectivity index (χ4v) is 1.48. The lowest BCUT2D eigenvalue weighted by Gasteiger charge is -2.04. The van der Waals surface area contributed by atoms with Crippen LogP contribution in [0.1, 0.15) is 25.1 Å². The number of hydrogen-bond donors (Lipinski definition) is 2. The molecule has 0 radical (unpaired) electrons. The smallest absolute Gasteiger partial charge is 0.189 e. The first kappa shape index (κ1) is 16.9. The molecule has 0 saturated heterocycles. The summed E-state index contributed by atoms with van der Waals surface area (Å²) in [5.41, 5.74) is 8.96. The molecule has 0 saturated carbocycles. The average molecular weight is 363 g/mol. The van der Waals surface area contributed by atoms with E-state index >= 15 is 0 Å². The molecule has 0 spiro atoms. The molecule has 0 bridgehead atoms. The van der Waals surface area contributed by atoms with Crippen LogP contribution >= 0.6 is 24.0 Å². The third kappa shape index (κ3) is 5.52. The average Bonchev–Trinajstić information content (AvgIpc) is 2.64. The van der Waals surface area contributed by atoms with Crippen molar-refractivity contribution in [2.45, 2.75) is 26.8 Å². The maximum absolute atomic E-state index is 5.74. The summed E-state index contributed by atoms with van der Waals surface area (Å²) in [6, 6.07) is 0. The molecule has 0 aromatic carbocycles. The lowest BCUT2D eigenvalue weighted by Crippen LogP contribution is -2.32. The minimum Gasteiger partial charge on any atom is -0.370 e. The first-order chi connectivity index (χ1) is 8.02. The van der Waals surface area contributed by atoms with Crippen molar-refractivity contribution in [3.05, 3.63) is 29.6 Å². The predicted molar refractivity (Wildman–Crippen MR) is 86.1 cm³/mol. The van der Waals surface area contributed by atoms with Gasteiger partial charge in [0.2, 0.25) is 0 Å². The van der Waals surface area contributed by atoms with Gasteiger partial charge in [-0.25, -0.2) is 4.99 Å². The van der Waals surface area contributed by atoms with Gasteiger partial charge in [-0.05, 0) is 13.3 Å². The van der Waals surface area contributed by atoms with Crippen molar-refractivity contribution >= 4 is 29.9 Å². The van der Waals surface area contributed by atoms with Gasteiger partial charge in [-0.15, -0.1) is 24.0 Å². The lowest BCUT2D eigenvalue weighted by molar-refractivity contribution is 0.746.